The van der Waals surface area contributed by atoms with E-state index in [1.807, 2.05) is 19.2 Å². The van der Waals surface area contributed by atoms with E-state index >= 15 is 0 Å². The molecule has 0 radical (unpaired) electrons. The van der Waals surface area contributed by atoms with Gasteiger partial charge >= 0.3 is 0 Å². The number of piperazine rings is 1. The molecule has 2 fully saturated rings. The predicted octanol–water partition coefficient (Wildman–Crippen LogP) is 2.51. The summed E-state index contributed by atoms with van der Waals surface area (Å²) in [7, 11) is 1.84. The van der Waals surface area contributed by atoms with Crippen LogP contribution in [0.4, 0.5) is 5.82 Å². The molecular weight excluding hydrogens is 513 g/mol. The van der Waals surface area contributed by atoms with Crippen LogP contribution in [0.15, 0.2) is 23.3 Å². The highest BCUT2D eigenvalue weighted by Crippen LogP contribution is 2.25. The smallest absolute Gasteiger partial charge is 0.191 e. The number of hydrogen-bond donors (Lipinski definition) is 2. The molecule has 7 nitrogen and oxygen atoms in total. The molecular formula is C21H37ClIN7. The van der Waals surface area contributed by atoms with E-state index in [-0.39, 0.29) is 24.0 Å². The molecule has 30 heavy (non-hydrogen) atoms. The predicted molar refractivity (Wildman–Crippen MR) is 138 cm³/mol. The van der Waals surface area contributed by atoms with Gasteiger partial charge in [-0.15, -0.1) is 24.0 Å². The van der Waals surface area contributed by atoms with E-state index in [1.54, 1.807) is 6.20 Å². The lowest BCUT2D eigenvalue weighted by Crippen LogP contribution is -2.46. The largest absolute Gasteiger partial charge is 0.356 e. The summed E-state index contributed by atoms with van der Waals surface area (Å²) in [4.78, 5) is 16.2. The zero-order chi connectivity index (χ0) is 20.5. The number of nitrogens with zero attached hydrogens (tertiary/aromatic N) is 5. The first-order valence-corrected chi connectivity index (χ1v) is 11.3. The van der Waals surface area contributed by atoms with Crippen LogP contribution in [0.1, 0.15) is 26.2 Å². The molecule has 2 aliphatic heterocycles. The fraction of sp³-hybridized carbons (Fsp3) is 0.714. The van der Waals surface area contributed by atoms with Crippen molar-refractivity contribution < 1.29 is 0 Å². The van der Waals surface area contributed by atoms with Crippen LogP contribution in [0.3, 0.4) is 0 Å². The van der Waals surface area contributed by atoms with Crippen molar-refractivity contribution in [3.05, 3.63) is 23.4 Å². The van der Waals surface area contributed by atoms with E-state index in [0.717, 1.165) is 44.3 Å². The van der Waals surface area contributed by atoms with Gasteiger partial charge in [0.15, 0.2) is 5.96 Å². The molecule has 2 N–H and O–H groups in total. The number of rotatable bonds is 8. The Bertz CT molecular complexity index is 652. The summed E-state index contributed by atoms with van der Waals surface area (Å²) in [5.41, 5.74) is 0. The summed E-state index contributed by atoms with van der Waals surface area (Å²) < 4.78 is 0. The van der Waals surface area contributed by atoms with Crippen molar-refractivity contribution in [3.63, 3.8) is 0 Å². The number of aliphatic imine (C=N–C) groups is 1. The second kappa shape index (κ2) is 13.5. The standard InChI is InChI=1S/C21H36ClN7.HI/c1-3-27-13-15-28(16-14-27)11-5-4-9-25-21(23-2)26-18-8-12-29(17-18)20-19(22)7-6-10-24-20;/h6-7,10,18H,3-5,8-9,11-17H2,1-2H3,(H2,23,25,26);1H. The Morgan fingerprint density at radius 2 is 1.97 bits per heavy atom. The molecule has 0 saturated carbocycles. The van der Waals surface area contributed by atoms with Crippen LogP contribution in [0.25, 0.3) is 0 Å². The first-order valence-electron chi connectivity index (χ1n) is 11.0. The van der Waals surface area contributed by atoms with Crippen molar-refractivity contribution in [1.82, 2.24) is 25.4 Å². The van der Waals surface area contributed by atoms with E-state index in [4.69, 9.17) is 11.6 Å². The highest BCUT2D eigenvalue weighted by atomic mass is 127. The highest BCUT2D eigenvalue weighted by molar-refractivity contribution is 14.0. The number of nitrogens with one attached hydrogen (secondary N) is 2. The SMILES string of the molecule is CCN1CCN(CCCCNC(=NC)NC2CCN(c3ncccc3Cl)C2)CC1.I. The number of guanidine groups is 1. The summed E-state index contributed by atoms with van der Waals surface area (Å²) in [5, 5.41) is 7.73. The molecule has 0 amide bonds. The Morgan fingerprint density at radius 1 is 1.20 bits per heavy atom. The van der Waals surface area contributed by atoms with Gasteiger partial charge in [0.25, 0.3) is 0 Å². The van der Waals surface area contributed by atoms with Gasteiger partial charge in [0.2, 0.25) is 0 Å². The zero-order valence-corrected chi connectivity index (χ0v) is 21.4. The monoisotopic (exact) mass is 549 g/mol. The van der Waals surface area contributed by atoms with Crippen LogP contribution in [0, 0.1) is 0 Å². The van der Waals surface area contributed by atoms with Gasteiger partial charge in [-0.3, -0.25) is 4.99 Å². The van der Waals surface area contributed by atoms with Crippen molar-refractivity contribution in [2.45, 2.75) is 32.2 Å². The number of hydrogen-bond acceptors (Lipinski definition) is 5. The van der Waals surface area contributed by atoms with Crippen molar-refractivity contribution in [2.75, 3.05) is 70.9 Å². The molecule has 0 aromatic carbocycles. The van der Waals surface area contributed by atoms with Gasteiger partial charge < -0.3 is 25.3 Å². The van der Waals surface area contributed by atoms with Crippen molar-refractivity contribution in [3.8, 4) is 0 Å². The number of halogens is 2. The maximum Gasteiger partial charge on any atom is 0.191 e. The molecule has 0 bridgehead atoms. The van der Waals surface area contributed by atoms with Crippen LogP contribution >= 0.6 is 35.6 Å². The molecule has 3 heterocycles. The molecule has 170 valence electrons. The average Bonchev–Trinajstić information content (AvgIpc) is 3.21. The number of unbranched alkanes of at least 4 members (excludes halogenated alkanes) is 1. The minimum atomic E-state index is 0. The molecule has 1 aromatic rings. The van der Waals surface area contributed by atoms with Gasteiger partial charge in [-0.2, -0.15) is 0 Å². The fourth-order valence-electron chi connectivity index (χ4n) is 4.06. The fourth-order valence-corrected chi connectivity index (χ4v) is 4.31. The quantitative estimate of drug-likeness (QED) is 0.225. The normalized spacial score (nSPS) is 20.8. The molecule has 0 spiro atoms. The molecule has 2 aliphatic rings. The topological polar surface area (TPSA) is 59.0 Å². The Kier molecular flexibility index (Phi) is 11.5. The maximum atomic E-state index is 6.29. The van der Waals surface area contributed by atoms with Gasteiger partial charge in [0.1, 0.15) is 5.82 Å². The number of pyridine rings is 1. The first-order chi connectivity index (χ1) is 14.2. The van der Waals surface area contributed by atoms with Gasteiger partial charge in [-0.25, -0.2) is 4.98 Å². The summed E-state index contributed by atoms with van der Waals surface area (Å²) in [6, 6.07) is 4.12. The molecule has 1 aromatic heterocycles. The van der Waals surface area contributed by atoms with E-state index in [0.29, 0.717) is 11.1 Å². The average molecular weight is 550 g/mol. The minimum absolute atomic E-state index is 0. The van der Waals surface area contributed by atoms with Gasteiger partial charge in [-0.1, -0.05) is 18.5 Å². The Labute approximate surface area is 203 Å². The summed E-state index contributed by atoms with van der Waals surface area (Å²) in [6.07, 6.45) is 5.24. The van der Waals surface area contributed by atoms with E-state index < -0.39 is 0 Å². The first kappa shape index (κ1) is 25.4. The number of aromatic nitrogens is 1. The van der Waals surface area contributed by atoms with Crippen molar-refractivity contribution in [1.29, 1.82) is 0 Å². The second-order valence-electron chi connectivity index (χ2n) is 7.87. The lowest BCUT2D eigenvalue weighted by molar-refractivity contribution is 0.136. The van der Waals surface area contributed by atoms with Crippen molar-refractivity contribution >= 4 is 47.4 Å². The lowest BCUT2D eigenvalue weighted by Gasteiger charge is -2.34. The number of likely N-dealkylation sites (N-methyl/N-ethyl adjacent to an activating group) is 1. The maximum absolute atomic E-state index is 6.29. The molecule has 9 heteroatoms. The minimum Gasteiger partial charge on any atom is -0.356 e. The zero-order valence-electron chi connectivity index (χ0n) is 18.3. The third-order valence-electron chi connectivity index (χ3n) is 5.90. The Morgan fingerprint density at radius 3 is 2.67 bits per heavy atom. The summed E-state index contributed by atoms with van der Waals surface area (Å²) in [5.74, 6) is 1.77. The third-order valence-corrected chi connectivity index (χ3v) is 6.19. The molecule has 1 atom stereocenters. The molecule has 1 unspecified atom stereocenters. The second-order valence-corrected chi connectivity index (χ2v) is 8.27. The summed E-state index contributed by atoms with van der Waals surface area (Å²) in [6.45, 7) is 12.3. The third kappa shape index (κ3) is 7.69. The molecule has 0 aliphatic carbocycles. The highest BCUT2D eigenvalue weighted by Gasteiger charge is 2.25. The van der Waals surface area contributed by atoms with Gasteiger partial charge in [0.05, 0.1) is 5.02 Å². The Balaban J connectivity index is 0.00000320. The van der Waals surface area contributed by atoms with Crippen LogP contribution < -0.4 is 15.5 Å². The van der Waals surface area contributed by atoms with Crippen LogP contribution in [-0.4, -0.2) is 92.7 Å². The lowest BCUT2D eigenvalue weighted by atomic mass is 10.2. The van der Waals surface area contributed by atoms with Crippen LogP contribution in [-0.2, 0) is 0 Å². The van der Waals surface area contributed by atoms with Gasteiger partial charge in [0, 0.05) is 65.1 Å². The van der Waals surface area contributed by atoms with E-state index in [9.17, 15) is 0 Å². The van der Waals surface area contributed by atoms with E-state index in [1.165, 1.54) is 45.7 Å². The Hall–Kier alpha value is -0.840. The van der Waals surface area contributed by atoms with Crippen molar-refractivity contribution in [2.24, 2.45) is 4.99 Å². The molecule has 3 rings (SSSR count). The van der Waals surface area contributed by atoms with Gasteiger partial charge in [-0.05, 0) is 44.5 Å². The van der Waals surface area contributed by atoms with E-state index in [2.05, 4.69) is 42.2 Å². The van der Waals surface area contributed by atoms with Crippen LogP contribution in [0.5, 0.6) is 0 Å². The number of anilines is 1. The van der Waals surface area contributed by atoms with Crippen LogP contribution in [0.2, 0.25) is 5.02 Å². The summed E-state index contributed by atoms with van der Waals surface area (Å²) >= 11 is 6.29. The molecule has 2 saturated heterocycles.